The van der Waals surface area contributed by atoms with Crippen LogP contribution < -0.4 is 15.4 Å². The van der Waals surface area contributed by atoms with E-state index in [1.165, 1.54) is 10.6 Å². The molecule has 4 rings (SSSR count). The number of aliphatic hydroxyl groups excluding tert-OH is 1. The summed E-state index contributed by atoms with van der Waals surface area (Å²) >= 11 is 0. The fourth-order valence-electron chi connectivity index (χ4n) is 3.93. The van der Waals surface area contributed by atoms with Crippen molar-refractivity contribution in [3.63, 3.8) is 0 Å². The number of nitrogens with zero attached hydrogens (tertiary/aromatic N) is 4. The maximum atomic E-state index is 13.8. The largest absolute Gasteiger partial charge is 0.408 e. The SMILES string of the molecule is O=c1cc(N2CCOCC2)nc2n1CC[C@@H](C(F)(F)F)N2C[C@@H](O)c1ccccc1. The zero-order valence-corrected chi connectivity index (χ0v) is 16.3. The highest BCUT2D eigenvalue weighted by molar-refractivity contribution is 5.47. The Hall–Kier alpha value is -2.59. The van der Waals surface area contributed by atoms with Crippen molar-refractivity contribution >= 4 is 11.8 Å². The molecule has 30 heavy (non-hydrogen) atoms. The Labute approximate surface area is 171 Å². The van der Waals surface area contributed by atoms with E-state index in [1.807, 2.05) is 4.90 Å². The minimum absolute atomic E-state index is 0.0625. The van der Waals surface area contributed by atoms with Crippen LogP contribution in [-0.2, 0) is 11.3 Å². The lowest BCUT2D eigenvalue weighted by molar-refractivity contribution is -0.153. The molecule has 2 aliphatic rings. The molecule has 1 saturated heterocycles. The number of hydrogen-bond donors (Lipinski definition) is 1. The average Bonchev–Trinajstić information content (AvgIpc) is 2.74. The van der Waals surface area contributed by atoms with Gasteiger partial charge in [0.25, 0.3) is 5.56 Å². The first-order valence-electron chi connectivity index (χ1n) is 9.85. The van der Waals surface area contributed by atoms with Crippen molar-refractivity contribution < 1.29 is 23.0 Å². The van der Waals surface area contributed by atoms with Gasteiger partial charge in [-0.3, -0.25) is 9.36 Å². The zero-order chi connectivity index (χ0) is 21.3. The Balaban J connectivity index is 1.73. The van der Waals surface area contributed by atoms with E-state index < -0.39 is 23.9 Å². The van der Waals surface area contributed by atoms with Crippen LogP contribution in [0.3, 0.4) is 0 Å². The molecular weight excluding hydrogens is 401 g/mol. The Morgan fingerprint density at radius 2 is 1.87 bits per heavy atom. The number of aromatic nitrogens is 2. The molecule has 0 saturated carbocycles. The van der Waals surface area contributed by atoms with Gasteiger partial charge in [-0.1, -0.05) is 30.3 Å². The molecule has 0 radical (unpaired) electrons. The van der Waals surface area contributed by atoms with Crippen molar-refractivity contribution in [2.24, 2.45) is 0 Å². The summed E-state index contributed by atoms with van der Waals surface area (Å²) in [5.41, 5.74) is 0.101. The normalized spacial score (nSPS) is 20.7. The maximum absolute atomic E-state index is 13.8. The first-order chi connectivity index (χ1) is 14.3. The Morgan fingerprint density at radius 3 is 2.53 bits per heavy atom. The molecule has 0 bridgehead atoms. The van der Waals surface area contributed by atoms with E-state index in [9.17, 15) is 23.1 Å². The van der Waals surface area contributed by atoms with E-state index in [4.69, 9.17) is 4.74 Å². The quantitative estimate of drug-likeness (QED) is 0.809. The Bertz CT molecular complexity index is 929. The number of halogens is 3. The number of aliphatic hydroxyl groups is 1. The number of hydrogen-bond acceptors (Lipinski definition) is 6. The highest BCUT2D eigenvalue weighted by Crippen LogP contribution is 2.35. The van der Waals surface area contributed by atoms with Crippen LogP contribution in [0.4, 0.5) is 24.9 Å². The van der Waals surface area contributed by atoms with Gasteiger partial charge in [0.05, 0.1) is 25.9 Å². The summed E-state index contributed by atoms with van der Waals surface area (Å²) in [7, 11) is 0. The molecule has 162 valence electrons. The molecule has 2 aliphatic heterocycles. The molecule has 1 aromatic carbocycles. The standard InChI is InChI=1S/C20H23F3N4O3/c21-20(22,23)16-6-7-26-18(29)12-17(25-8-10-30-11-9-25)24-19(26)27(16)13-15(28)14-4-2-1-3-5-14/h1-5,12,15-16,28H,6-11,13H2/t15-,16+/m1/s1. The zero-order valence-electron chi connectivity index (χ0n) is 16.3. The fraction of sp³-hybridized carbons (Fsp3) is 0.500. The predicted octanol–water partition coefficient (Wildman–Crippen LogP) is 1.95. The van der Waals surface area contributed by atoms with Crippen molar-refractivity contribution in [3.05, 3.63) is 52.3 Å². The molecule has 1 aromatic heterocycles. The highest BCUT2D eigenvalue weighted by Gasteiger charge is 2.47. The van der Waals surface area contributed by atoms with Crippen LogP contribution in [0.5, 0.6) is 0 Å². The summed E-state index contributed by atoms with van der Waals surface area (Å²) < 4.78 is 48.0. The van der Waals surface area contributed by atoms with E-state index in [0.29, 0.717) is 37.7 Å². The van der Waals surface area contributed by atoms with Crippen LogP contribution in [0, 0.1) is 0 Å². The second-order valence-corrected chi connectivity index (χ2v) is 7.43. The Kier molecular flexibility index (Phi) is 5.70. The third-order valence-corrected chi connectivity index (χ3v) is 5.50. The number of β-amino-alcohol motifs (C(OH)–C–C–N with tert-alkyl or cyclic N) is 1. The van der Waals surface area contributed by atoms with Gasteiger partial charge in [0.15, 0.2) is 0 Å². The van der Waals surface area contributed by atoms with Crippen LogP contribution in [0.15, 0.2) is 41.2 Å². The maximum Gasteiger partial charge on any atom is 0.408 e. The highest BCUT2D eigenvalue weighted by atomic mass is 19.4. The van der Waals surface area contributed by atoms with Crippen LogP contribution in [0.25, 0.3) is 0 Å². The lowest BCUT2D eigenvalue weighted by atomic mass is 10.1. The second kappa shape index (κ2) is 8.27. The van der Waals surface area contributed by atoms with E-state index in [1.54, 1.807) is 30.3 Å². The summed E-state index contributed by atoms with van der Waals surface area (Å²) in [4.78, 5) is 20.0. The fourth-order valence-corrected chi connectivity index (χ4v) is 3.93. The molecule has 0 spiro atoms. The minimum Gasteiger partial charge on any atom is -0.387 e. The molecule has 0 aliphatic carbocycles. The number of anilines is 2. The molecular formula is C20H23F3N4O3. The van der Waals surface area contributed by atoms with Crippen molar-refractivity contribution in [1.82, 2.24) is 9.55 Å². The van der Waals surface area contributed by atoms with Gasteiger partial charge in [-0.05, 0) is 12.0 Å². The van der Waals surface area contributed by atoms with Gasteiger partial charge in [-0.15, -0.1) is 0 Å². The Morgan fingerprint density at radius 1 is 1.17 bits per heavy atom. The summed E-state index contributed by atoms with van der Waals surface area (Å²) in [5, 5.41) is 10.6. The van der Waals surface area contributed by atoms with Gasteiger partial charge in [0.2, 0.25) is 5.95 Å². The average molecular weight is 424 g/mol. The number of morpholine rings is 1. The monoisotopic (exact) mass is 424 g/mol. The molecule has 0 amide bonds. The summed E-state index contributed by atoms with van der Waals surface area (Å²) in [6.45, 7) is 1.53. The molecule has 0 unspecified atom stereocenters. The van der Waals surface area contributed by atoms with Gasteiger partial charge in [0.1, 0.15) is 11.9 Å². The van der Waals surface area contributed by atoms with Crippen LogP contribution in [0.1, 0.15) is 18.1 Å². The first kappa shape index (κ1) is 20.7. The molecule has 2 aromatic rings. The third kappa shape index (κ3) is 4.15. The van der Waals surface area contributed by atoms with Gasteiger partial charge in [-0.2, -0.15) is 18.2 Å². The lowest BCUT2D eigenvalue weighted by Crippen LogP contribution is -2.53. The van der Waals surface area contributed by atoms with E-state index in [0.717, 1.165) is 4.90 Å². The molecule has 10 heteroatoms. The van der Waals surface area contributed by atoms with Gasteiger partial charge < -0.3 is 19.6 Å². The first-order valence-corrected chi connectivity index (χ1v) is 9.85. The topological polar surface area (TPSA) is 70.8 Å². The predicted molar refractivity (Wildman–Crippen MR) is 105 cm³/mol. The van der Waals surface area contributed by atoms with Gasteiger partial charge in [-0.25, -0.2) is 0 Å². The van der Waals surface area contributed by atoms with Crippen molar-refractivity contribution in [1.29, 1.82) is 0 Å². The van der Waals surface area contributed by atoms with E-state index >= 15 is 0 Å². The van der Waals surface area contributed by atoms with Crippen LogP contribution in [0.2, 0.25) is 0 Å². The van der Waals surface area contributed by atoms with Crippen molar-refractivity contribution in [3.8, 4) is 0 Å². The summed E-state index contributed by atoms with van der Waals surface area (Å²) in [5.74, 6) is 0.268. The van der Waals surface area contributed by atoms with Gasteiger partial charge in [0, 0.05) is 25.7 Å². The van der Waals surface area contributed by atoms with Crippen molar-refractivity contribution in [2.75, 3.05) is 42.6 Å². The van der Waals surface area contributed by atoms with Crippen molar-refractivity contribution in [2.45, 2.75) is 31.3 Å². The summed E-state index contributed by atoms with van der Waals surface area (Å²) in [6.07, 6.45) is -5.96. The summed E-state index contributed by atoms with van der Waals surface area (Å²) in [6, 6.07) is 8.02. The van der Waals surface area contributed by atoms with Crippen LogP contribution >= 0.6 is 0 Å². The number of ether oxygens (including phenoxy) is 1. The molecule has 7 nitrogen and oxygen atoms in total. The van der Waals surface area contributed by atoms with E-state index in [2.05, 4.69) is 4.98 Å². The third-order valence-electron chi connectivity index (χ3n) is 5.50. The number of fused-ring (bicyclic) bond motifs is 1. The smallest absolute Gasteiger partial charge is 0.387 e. The molecule has 1 N–H and O–H groups in total. The second-order valence-electron chi connectivity index (χ2n) is 7.43. The minimum atomic E-state index is -4.52. The van der Waals surface area contributed by atoms with Gasteiger partial charge >= 0.3 is 6.18 Å². The number of rotatable bonds is 4. The number of benzene rings is 1. The molecule has 2 atom stereocenters. The van der Waals surface area contributed by atoms with Crippen LogP contribution in [-0.4, -0.2) is 59.7 Å². The molecule has 3 heterocycles. The number of alkyl halides is 3. The molecule has 1 fully saturated rings. The van der Waals surface area contributed by atoms with E-state index in [-0.39, 0.29) is 25.5 Å². The lowest BCUT2D eigenvalue weighted by Gasteiger charge is -2.40.